The molecule has 4 aliphatic rings. The van der Waals surface area contributed by atoms with Crippen LogP contribution in [0.25, 0.3) is 6.08 Å². The van der Waals surface area contributed by atoms with Crippen molar-refractivity contribution in [1.29, 1.82) is 5.26 Å². The van der Waals surface area contributed by atoms with Gasteiger partial charge in [0.1, 0.15) is 17.4 Å². The number of ether oxygens (including phenoxy) is 1. The van der Waals surface area contributed by atoms with Gasteiger partial charge in [-0.1, -0.05) is 54.6 Å². The number of nitrogens with one attached hydrogen (secondary N) is 1. The Morgan fingerprint density at radius 1 is 0.892 bits per heavy atom. The lowest BCUT2D eigenvalue weighted by atomic mass is 9.42. The molecule has 0 aliphatic heterocycles. The Balaban J connectivity index is 1.21. The van der Waals surface area contributed by atoms with Crippen molar-refractivity contribution in [2.75, 3.05) is 12.4 Å². The normalized spacial score (nSPS) is 27.9. The van der Waals surface area contributed by atoms with Crippen LogP contribution in [0.4, 0.5) is 5.69 Å². The van der Waals surface area contributed by atoms with E-state index < -0.39 is 5.91 Å². The van der Waals surface area contributed by atoms with E-state index >= 15 is 0 Å². The molecule has 4 bridgehead atoms. The van der Waals surface area contributed by atoms with Gasteiger partial charge in [0.25, 0.3) is 5.91 Å². The molecule has 4 aliphatic carbocycles. The van der Waals surface area contributed by atoms with E-state index in [2.05, 4.69) is 47.8 Å². The highest BCUT2D eigenvalue weighted by Gasteiger charge is 2.58. The molecule has 0 heterocycles. The van der Waals surface area contributed by atoms with Gasteiger partial charge in [0.05, 0.1) is 7.11 Å². The Morgan fingerprint density at radius 3 is 2.05 bits per heavy atom. The fourth-order valence-corrected chi connectivity index (χ4v) is 7.85. The minimum atomic E-state index is -0.399. The fraction of sp³-hybridized carbons (Fsp3) is 0.333. The van der Waals surface area contributed by atoms with Gasteiger partial charge in [0, 0.05) is 5.69 Å². The van der Waals surface area contributed by atoms with Gasteiger partial charge in [-0.05, 0) is 108 Å². The Bertz CT molecular complexity index is 1350. The highest BCUT2D eigenvalue weighted by atomic mass is 16.5. The number of carbonyl (C=O) groups excluding carboxylic acids is 1. The minimum absolute atomic E-state index is 0.0696. The topological polar surface area (TPSA) is 62.1 Å². The maximum absolute atomic E-state index is 12.9. The van der Waals surface area contributed by atoms with Crippen molar-refractivity contribution < 1.29 is 9.53 Å². The first-order valence-electron chi connectivity index (χ1n) is 13.2. The fourth-order valence-electron chi connectivity index (χ4n) is 7.85. The molecular formula is C33H32N2O2. The number of amides is 1. The van der Waals surface area contributed by atoms with Crippen molar-refractivity contribution >= 4 is 17.7 Å². The molecule has 0 aromatic heterocycles. The summed E-state index contributed by atoms with van der Waals surface area (Å²) >= 11 is 0. The number of methoxy groups -OCH3 is 1. The van der Waals surface area contributed by atoms with Crippen LogP contribution in [0.3, 0.4) is 0 Å². The Kier molecular flexibility index (Phi) is 5.88. The van der Waals surface area contributed by atoms with E-state index in [4.69, 9.17) is 4.74 Å². The van der Waals surface area contributed by atoms with Crippen LogP contribution < -0.4 is 10.1 Å². The third kappa shape index (κ3) is 4.33. The lowest BCUT2D eigenvalue weighted by Crippen LogP contribution is -2.55. The van der Waals surface area contributed by atoms with Gasteiger partial charge < -0.3 is 10.1 Å². The van der Waals surface area contributed by atoms with Gasteiger partial charge in [0.15, 0.2) is 0 Å². The summed E-state index contributed by atoms with van der Waals surface area (Å²) in [5.41, 5.74) is 4.99. The SMILES string of the molecule is COc1ccc(/C=C(/C#N)C(=O)Nc2ccc(C34CC5CC(CC(c6ccccc6)(C5)C3)C4)cc2)cc1. The summed E-state index contributed by atoms with van der Waals surface area (Å²) in [7, 11) is 1.61. The van der Waals surface area contributed by atoms with E-state index in [0.29, 0.717) is 11.1 Å². The second-order valence-electron chi connectivity index (χ2n) is 11.4. The van der Waals surface area contributed by atoms with Crippen molar-refractivity contribution in [3.8, 4) is 11.8 Å². The molecular weight excluding hydrogens is 456 g/mol. The van der Waals surface area contributed by atoms with Gasteiger partial charge >= 0.3 is 0 Å². The summed E-state index contributed by atoms with van der Waals surface area (Å²) in [5, 5.41) is 12.5. The maximum atomic E-state index is 12.9. The van der Waals surface area contributed by atoms with Gasteiger partial charge in [0.2, 0.25) is 0 Å². The van der Waals surface area contributed by atoms with Crippen LogP contribution >= 0.6 is 0 Å². The van der Waals surface area contributed by atoms with E-state index in [9.17, 15) is 10.1 Å². The molecule has 4 heteroatoms. The zero-order valence-electron chi connectivity index (χ0n) is 21.2. The first-order valence-corrected chi connectivity index (χ1v) is 13.2. The third-order valence-corrected chi connectivity index (χ3v) is 8.99. The molecule has 2 atom stereocenters. The molecule has 4 nitrogen and oxygen atoms in total. The van der Waals surface area contributed by atoms with Crippen LogP contribution in [0, 0.1) is 23.2 Å². The average molecular weight is 489 g/mol. The molecule has 7 rings (SSSR count). The monoisotopic (exact) mass is 488 g/mol. The summed E-state index contributed by atoms with van der Waals surface area (Å²) in [6.07, 6.45) is 9.37. The number of hydrogen-bond acceptors (Lipinski definition) is 3. The highest BCUT2D eigenvalue weighted by Crippen LogP contribution is 2.66. The molecule has 3 aromatic carbocycles. The molecule has 4 fully saturated rings. The lowest BCUT2D eigenvalue weighted by molar-refractivity contribution is -0.112. The number of hydrogen-bond donors (Lipinski definition) is 1. The number of nitrogens with zero attached hydrogens (tertiary/aromatic N) is 1. The summed E-state index contributed by atoms with van der Waals surface area (Å²) in [6, 6.07) is 28.9. The molecule has 186 valence electrons. The minimum Gasteiger partial charge on any atom is -0.497 e. The van der Waals surface area contributed by atoms with E-state index in [0.717, 1.165) is 23.1 Å². The van der Waals surface area contributed by atoms with Crippen LogP contribution in [0.15, 0.2) is 84.4 Å². The predicted octanol–water partition coefficient (Wildman–Crippen LogP) is 7.03. The van der Waals surface area contributed by atoms with Gasteiger partial charge in [-0.15, -0.1) is 0 Å². The van der Waals surface area contributed by atoms with E-state index in [1.165, 1.54) is 49.7 Å². The van der Waals surface area contributed by atoms with Gasteiger partial charge in [-0.2, -0.15) is 5.26 Å². The first-order chi connectivity index (χ1) is 18.0. The van der Waals surface area contributed by atoms with Gasteiger partial charge in [-0.25, -0.2) is 0 Å². The van der Waals surface area contributed by atoms with Crippen molar-refractivity contribution in [3.63, 3.8) is 0 Å². The molecule has 0 spiro atoms. The third-order valence-electron chi connectivity index (χ3n) is 8.99. The Hall–Kier alpha value is -3.84. The van der Waals surface area contributed by atoms with E-state index in [1.54, 1.807) is 13.2 Å². The van der Waals surface area contributed by atoms with Crippen molar-refractivity contribution in [1.82, 2.24) is 0 Å². The highest BCUT2D eigenvalue weighted by molar-refractivity contribution is 6.09. The molecule has 4 saturated carbocycles. The van der Waals surface area contributed by atoms with Crippen LogP contribution in [0.5, 0.6) is 5.75 Å². The number of carbonyl (C=O) groups is 1. The second-order valence-corrected chi connectivity index (χ2v) is 11.4. The summed E-state index contributed by atoms with van der Waals surface area (Å²) < 4.78 is 5.18. The Morgan fingerprint density at radius 2 is 1.49 bits per heavy atom. The smallest absolute Gasteiger partial charge is 0.266 e. The maximum Gasteiger partial charge on any atom is 0.266 e. The first kappa shape index (κ1) is 23.6. The summed E-state index contributed by atoms with van der Waals surface area (Å²) in [6.45, 7) is 0. The zero-order chi connectivity index (χ0) is 25.5. The molecule has 0 radical (unpaired) electrons. The zero-order valence-corrected chi connectivity index (χ0v) is 21.2. The number of rotatable bonds is 6. The van der Waals surface area contributed by atoms with E-state index in [-0.39, 0.29) is 11.0 Å². The average Bonchev–Trinajstić information content (AvgIpc) is 2.92. The standard InChI is InChI=1S/C33H32N2O2/c1-37-30-13-7-23(8-14-30)16-26(21-34)31(36)35-29-11-9-28(10-12-29)33-19-24-15-25(20-33)18-32(17-24,22-33)27-5-3-2-4-6-27/h2-14,16,24-25H,15,17-20,22H2,1H3,(H,35,36)/b26-16-. The number of anilines is 1. The molecule has 1 N–H and O–H groups in total. The van der Waals surface area contributed by atoms with Crippen LogP contribution in [0.2, 0.25) is 0 Å². The van der Waals surface area contributed by atoms with Crippen LogP contribution in [-0.4, -0.2) is 13.0 Å². The summed E-state index contributed by atoms with van der Waals surface area (Å²) in [4.78, 5) is 12.9. The molecule has 3 aromatic rings. The lowest BCUT2D eigenvalue weighted by Gasteiger charge is -2.62. The molecule has 1 amide bonds. The summed E-state index contributed by atoms with van der Waals surface area (Å²) in [5.74, 6) is 1.92. The number of nitriles is 1. The second kappa shape index (κ2) is 9.23. The predicted molar refractivity (Wildman–Crippen MR) is 146 cm³/mol. The van der Waals surface area contributed by atoms with Crippen molar-refractivity contribution in [2.45, 2.75) is 49.4 Å². The Labute approximate surface area is 219 Å². The number of benzene rings is 3. The molecule has 0 saturated heterocycles. The quantitative estimate of drug-likeness (QED) is 0.299. The van der Waals surface area contributed by atoms with Crippen molar-refractivity contribution in [2.24, 2.45) is 11.8 Å². The molecule has 2 unspecified atom stereocenters. The van der Waals surface area contributed by atoms with Crippen LogP contribution in [-0.2, 0) is 15.6 Å². The molecule has 37 heavy (non-hydrogen) atoms. The van der Waals surface area contributed by atoms with Crippen LogP contribution in [0.1, 0.15) is 55.2 Å². The van der Waals surface area contributed by atoms with E-state index in [1.807, 2.05) is 42.5 Å². The van der Waals surface area contributed by atoms with Crippen molar-refractivity contribution in [3.05, 3.63) is 101 Å². The van der Waals surface area contributed by atoms with Gasteiger partial charge in [-0.3, -0.25) is 4.79 Å². The largest absolute Gasteiger partial charge is 0.497 e.